The molecular formula is C19H19N3O. The quantitative estimate of drug-likeness (QED) is 0.946. The molecule has 0 saturated carbocycles. The van der Waals surface area contributed by atoms with Crippen LogP contribution >= 0.6 is 0 Å². The number of nitrogens with one attached hydrogen (secondary N) is 1. The summed E-state index contributed by atoms with van der Waals surface area (Å²) in [6.45, 7) is 2.47. The third-order valence-electron chi connectivity index (χ3n) is 4.25. The number of anilines is 2. The minimum absolute atomic E-state index is 0.0661. The van der Waals surface area contributed by atoms with Gasteiger partial charge in [0.25, 0.3) is 0 Å². The summed E-state index contributed by atoms with van der Waals surface area (Å²) >= 11 is 0. The maximum absolute atomic E-state index is 12.4. The highest BCUT2D eigenvalue weighted by Gasteiger charge is 2.24. The van der Waals surface area contributed by atoms with Crippen molar-refractivity contribution in [2.45, 2.75) is 25.8 Å². The summed E-state index contributed by atoms with van der Waals surface area (Å²) in [5, 5.41) is 11.8. The molecule has 0 bridgehead atoms. The van der Waals surface area contributed by atoms with Gasteiger partial charge in [0.2, 0.25) is 5.91 Å². The number of hydrogen-bond donors (Lipinski definition) is 1. The predicted molar refractivity (Wildman–Crippen MR) is 91.4 cm³/mol. The van der Waals surface area contributed by atoms with Gasteiger partial charge >= 0.3 is 0 Å². The van der Waals surface area contributed by atoms with Crippen molar-refractivity contribution in [3.63, 3.8) is 0 Å². The molecule has 0 spiro atoms. The van der Waals surface area contributed by atoms with Crippen LogP contribution in [0.15, 0.2) is 48.5 Å². The fourth-order valence-corrected chi connectivity index (χ4v) is 3.02. The molecule has 116 valence electrons. The largest absolute Gasteiger partial charge is 0.359 e. The Labute approximate surface area is 136 Å². The van der Waals surface area contributed by atoms with Crippen molar-refractivity contribution in [1.29, 1.82) is 5.26 Å². The normalized spacial score (nSPS) is 16.3. The van der Waals surface area contributed by atoms with Crippen molar-refractivity contribution >= 4 is 17.3 Å². The minimum Gasteiger partial charge on any atom is -0.359 e. The van der Waals surface area contributed by atoms with Gasteiger partial charge in [-0.3, -0.25) is 4.79 Å². The second-order valence-corrected chi connectivity index (χ2v) is 5.89. The summed E-state index contributed by atoms with van der Waals surface area (Å²) in [6, 6.07) is 17.6. The Bertz CT molecular complexity index is 763. The fraction of sp³-hybridized carbons (Fsp3) is 0.263. The van der Waals surface area contributed by atoms with Gasteiger partial charge in [-0.25, -0.2) is 0 Å². The van der Waals surface area contributed by atoms with Gasteiger partial charge in [0.05, 0.1) is 18.2 Å². The van der Waals surface area contributed by atoms with Crippen molar-refractivity contribution in [1.82, 2.24) is 0 Å². The number of amides is 1. The molecule has 1 N–H and O–H groups in total. The maximum Gasteiger partial charge on any atom is 0.243 e. The molecule has 1 atom stereocenters. The van der Waals surface area contributed by atoms with E-state index in [0.29, 0.717) is 23.8 Å². The van der Waals surface area contributed by atoms with E-state index in [0.717, 1.165) is 18.5 Å². The number of carbonyl (C=O) groups excluding carboxylic acids is 1. The average molecular weight is 305 g/mol. The number of rotatable bonds is 3. The van der Waals surface area contributed by atoms with E-state index in [4.69, 9.17) is 5.26 Å². The molecule has 2 aromatic rings. The smallest absolute Gasteiger partial charge is 0.243 e. The summed E-state index contributed by atoms with van der Waals surface area (Å²) in [5.41, 5.74) is 3.64. The van der Waals surface area contributed by atoms with E-state index in [-0.39, 0.29) is 5.91 Å². The van der Waals surface area contributed by atoms with Crippen molar-refractivity contribution in [2.24, 2.45) is 0 Å². The molecule has 4 heteroatoms. The fourth-order valence-electron chi connectivity index (χ4n) is 3.02. The maximum atomic E-state index is 12.4. The first-order valence-corrected chi connectivity index (χ1v) is 7.82. The molecule has 0 radical (unpaired) electrons. The molecule has 1 amide bonds. The standard InChI is InChI=1S/C19H19N3O/c1-14-9-10-16-6-2-3-8-18(16)22(14)13-19(23)21-17-7-4-5-15(11-17)12-20/h2-8,11,14H,9-10,13H2,1H3,(H,21,23). The second-order valence-electron chi connectivity index (χ2n) is 5.89. The van der Waals surface area contributed by atoms with E-state index < -0.39 is 0 Å². The van der Waals surface area contributed by atoms with Gasteiger partial charge in [-0.2, -0.15) is 5.26 Å². The highest BCUT2D eigenvalue weighted by atomic mass is 16.2. The third kappa shape index (κ3) is 3.35. The summed E-state index contributed by atoms with van der Waals surface area (Å²) in [7, 11) is 0. The number of hydrogen-bond acceptors (Lipinski definition) is 3. The van der Waals surface area contributed by atoms with Crippen LogP contribution < -0.4 is 10.2 Å². The van der Waals surface area contributed by atoms with E-state index in [2.05, 4.69) is 35.3 Å². The highest BCUT2D eigenvalue weighted by molar-refractivity contribution is 5.94. The molecule has 0 aliphatic carbocycles. The Kier molecular flexibility index (Phi) is 4.29. The SMILES string of the molecule is CC1CCc2ccccc2N1CC(=O)Nc1cccc(C#N)c1. The Balaban J connectivity index is 1.74. The van der Waals surface area contributed by atoms with Crippen molar-refractivity contribution in [3.05, 3.63) is 59.7 Å². The van der Waals surface area contributed by atoms with Gasteiger partial charge in [-0.15, -0.1) is 0 Å². The van der Waals surface area contributed by atoms with Gasteiger partial charge in [0.15, 0.2) is 0 Å². The van der Waals surface area contributed by atoms with Crippen LogP contribution in [0.5, 0.6) is 0 Å². The molecule has 2 aromatic carbocycles. The molecule has 3 rings (SSSR count). The zero-order chi connectivity index (χ0) is 16.2. The topological polar surface area (TPSA) is 56.1 Å². The Morgan fingerprint density at radius 2 is 2.13 bits per heavy atom. The van der Waals surface area contributed by atoms with Crippen LogP contribution in [-0.4, -0.2) is 18.5 Å². The van der Waals surface area contributed by atoms with Gasteiger partial charge in [0, 0.05) is 17.4 Å². The number of para-hydroxylation sites is 1. The molecule has 1 heterocycles. The summed E-state index contributed by atoms with van der Waals surface area (Å²) in [6.07, 6.45) is 2.11. The van der Waals surface area contributed by atoms with E-state index >= 15 is 0 Å². The molecule has 0 fully saturated rings. The highest BCUT2D eigenvalue weighted by Crippen LogP contribution is 2.30. The Hall–Kier alpha value is -2.80. The van der Waals surface area contributed by atoms with E-state index in [1.165, 1.54) is 5.56 Å². The molecule has 1 unspecified atom stereocenters. The first kappa shape index (κ1) is 15.1. The van der Waals surface area contributed by atoms with Crippen LogP contribution in [0.1, 0.15) is 24.5 Å². The average Bonchev–Trinajstić information content (AvgIpc) is 2.57. The number of nitrogens with zero attached hydrogens (tertiary/aromatic N) is 2. The monoisotopic (exact) mass is 305 g/mol. The molecule has 1 aliphatic heterocycles. The molecular weight excluding hydrogens is 286 g/mol. The molecule has 23 heavy (non-hydrogen) atoms. The summed E-state index contributed by atoms with van der Waals surface area (Å²) < 4.78 is 0. The number of aryl methyl sites for hydroxylation is 1. The Morgan fingerprint density at radius 3 is 2.96 bits per heavy atom. The van der Waals surface area contributed by atoms with Crippen molar-refractivity contribution < 1.29 is 4.79 Å². The lowest BCUT2D eigenvalue weighted by Gasteiger charge is -2.36. The van der Waals surface area contributed by atoms with E-state index in [1.807, 2.05) is 12.1 Å². The molecule has 4 nitrogen and oxygen atoms in total. The lowest BCUT2D eigenvalue weighted by Crippen LogP contribution is -2.42. The zero-order valence-corrected chi connectivity index (χ0v) is 13.1. The van der Waals surface area contributed by atoms with E-state index in [9.17, 15) is 4.79 Å². The zero-order valence-electron chi connectivity index (χ0n) is 13.1. The number of benzene rings is 2. The molecule has 1 aliphatic rings. The Morgan fingerprint density at radius 1 is 1.30 bits per heavy atom. The van der Waals surface area contributed by atoms with Crippen molar-refractivity contribution in [3.8, 4) is 6.07 Å². The van der Waals surface area contributed by atoms with Gasteiger partial charge in [-0.1, -0.05) is 24.3 Å². The molecule has 0 aromatic heterocycles. The van der Waals surface area contributed by atoms with Gasteiger partial charge in [-0.05, 0) is 49.6 Å². The minimum atomic E-state index is -0.0661. The van der Waals surface area contributed by atoms with Crippen LogP contribution in [0.25, 0.3) is 0 Å². The lowest BCUT2D eigenvalue weighted by molar-refractivity contribution is -0.115. The third-order valence-corrected chi connectivity index (χ3v) is 4.25. The van der Waals surface area contributed by atoms with Crippen LogP contribution in [0, 0.1) is 11.3 Å². The molecule has 0 saturated heterocycles. The van der Waals surface area contributed by atoms with Gasteiger partial charge < -0.3 is 10.2 Å². The summed E-state index contributed by atoms with van der Waals surface area (Å²) in [5.74, 6) is -0.0661. The predicted octanol–water partition coefficient (Wildman–Crippen LogP) is 3.34. The van der Waals surface area contributed by atoms with Crippen molar-refractivity contribution in [2.75, 3.05) is 16.8 Å². The number of carbonyl (C=O) groups is 1. The number of fused-ring (bicyclic) bond motifs is 1. The lowest BCUT2D eigenvalue weighted by atomic mass is 9.96. The second kappa shape index (κ2) is 6.53. The van der Waals surface area contributed by atoms with Gasteiger partial charge in [0.1, 0.15) is 0 Å². The van der Waals surface area contributed by atoms with E-state index in [1.54, 1.807) is 24.3 Å². The number of nitriles is 1. The van der Waals surface area contributed by atoms with Crippen LogP contribution in [0.3, 0.4) is 0 Å². The van der Waals surface area contributed by atoms with Crippen LogP contribution in [-0.2, 0) is 11.2 Å². The first-order chi connectivity index (χ1) is 11.2. The van der Waals surface area contributed by atoms with Crippen LogP contribution in [0.2, 0.25) is 0 Å². The van der Waals surface area contributed by atoms with Crippen LogP contribution in [0.4, 0.5) is 11.4 Å². The summed E-state index contributed by atoms with van der Waals surface area (Å²) in [4.78, 5) is 14.6. The first-order valence-electron chi connectivity index (χ1n) is 7.82.